The fourth-order valence-electron chi connectivity index (χ4n) is 2.38. The summed E-state index contributed by atoms with van der Waals surface area (Å²) in [6.07, 6.45) is 0. The van der Waals surface area contributed by atoms with Gasteiger partial charge in [-0.1, -0.05) is 41.4 Å². The van der Waals surface area contributed by atoms with Gasteiger partial charge in [0.1, 0.15) is 16.8 Å². The van der Waals surface area contributed by atoms with Gasteiger partial charge in [-0.3, -0.25) is 0 Å². The minimum Gasteiger partial charge on any atom is -0.455 e. The Morgan fingerprint density at radius 3 is 2.68 bits per heavy atom. The van der Waals surface area contributed by atoms with Gasteiger partial charge < -0.3 is 4.74 Å². The smallest absolute Gasteiger partial charge is 0.341 e. The summed E-state index contributed by atoms with van der Waals surface area (Å²) in [4.78, 5) is 20.9. The average Bonchev–Trinajstić information content (AvgIpc) is 3.01. The Balaban J connectivity index is 1.73. The van der Waals surface area contributed by atoms with Crippen molar-refractivity contribution < 1.29 is 9.53 Å². The van der Waals surface area contributed by atoms with Crippen molar-refractivity contribution in [3.8, 4) is 10.6 Å². The largest absolute Gasteiger partial charge is 0.455 e. The molecule has 0 radical (unpaired) electrons. The maximum atomic E-state index is 12.3. The van der Waals surface area contributed by atoms with Crippen molar-refractivity contribution in [1.82, 2.24) is 9.97 Å². The lowest BCUT2D eigenvalue weighted by molar-refractivity contribution is 0.0467. The van der Waals surface area contributed by atoms with Crippen LogP contribution in [0.5, 0.6) is 0 Å². The number of ether oxygens (including phenoxy) is 1. The van der Waals surface area contributed by atoms with Crippen LogP contribution < -0.4 is 0 Å². The molecule has 25 heavy (non-hydrogen) atoms. The second-order valence-electron chi connectivity index (χ2n) is 5.45. The van der Waals surface area contributed by atoms with Gasteiger partial charge in [0.05, 0.1) is 16.3 Å². The van der Waals surface area contributed by atoms with Gasteiger partial charge in [-0.2, -0.15) is 0 Å². The van der Waals surface area contributed by atoms with Crippen molar-refractivity contribution in [3.63, 3.8) is 0 Å². The number of thiazole rings is 1. The number of rotatable bonds is 4. The number of pyridine rings is 1. The van der Waals surface area contributed by atoms with E-state index in [-0.39, 0.29) is 17.3 Å². The molecule has 4 nitrogen and oxygen atoms in total. The van der Waals surface area contributed by atoms with E-state index in [4.69, 9.17) is 27.9 Å². The Morgan fingerprint density at radius 1 is 1.20 bits per heavy atom. The molecule has 0 N–H and O–H groups in total. The summed E-state index contributed by atoms with van der Waals surface area (Å²) in [6.45, 7) is 3.68. The molecule has 0 aliphatic carbocycles. The molecule has 0 aliphatic heterocycles. The molecule has 0 fully saturated rings. The standard InChI is InChI=1S/C18H14Cl2N2O2S/c1-10-7-11(2)21-16(20)15(10)18(23)24-8-12-9-25-17(22-12)13-5-3-4-6-14(13)19/h3-7,9H,8H2,1-2H3. The monoisotopic (exact) mass is 392 g/mol. The Hall–Kier alpha value is -1.95. The fourth-order valence-corrected chi connectivity index (χ4v) is 3.86. The first-order chi connectivity index (χ1) is 12.0. The van der Waals surface area contributed by atoms with Crippen LogP contribution in [0.15, 0.2) is 35.7 Å². The van der Waals surface area contributed by atoms with Crippen LogP contribution >= 0.6 is 34.5 Å². The van der Waals surface area contributed by atoms with Gasteiger partial charge in [-0.05, 0) is 31.5 Å². The zero-order valence-corrected chi connectivity index (χ0v) is 15.9. The summed E-state index contributed by atoms with van der Waals surface area (Å²) in [7, 11) is 0. The molecule has 1 aromatic carbocycles. The highest BCUT2D eigenvalue weighted by Crippen LogP contribution is 2.30. The topological polar surface area (TPSA) is 52.1 Å². The minimum atomic E-state index is -0.512. The van der Waals surface area contributed by atoms with E-state index in [9.17, 15) is 4.79 Å². The van der Waals surface area contributed by atoms with Gasteiger partial charge in [0.2, 0.25) is 0 Å². The molecule has 0 atom stereocenters. The second-order valence-corrected chi connectivity index (χ2v) is 7.07. The van der Waals surface area contributed by atoms with Crippen molar-refractivity contribution in [1.29, 1.82) is 0 Å². The van der Waals surface area contributed by atoms with E-state index in [1.807, 2.05) is 36.6 Å². The summed E-state index contributed by atoms with van der Waals surface area (Å²) >= 11 is 13.7. The van der Waals surface area contributed by atoms with Crippen molar-refractivity contribution in [2.45, 2.75) is 20.5 Å². The number of benzene rings is 1. The van der Waals surface area contributed by atoms with Crippen molar-refractivity contribution >= 4 is 40.5 Å². The lowest BCUT2D eigenvalue weighted by atomic mass is 10.1. The Labute approximate surface area is 159 Å². The molecule has 0 bridgehead atoms. The minimum absolute atomic E-state index is 0.0590. The first kappa shape index (κ1) is 17.9. The summed E-state index contributed by atoms with van der Waals surface area (Å²) in [5.74, 6) is -0.512. The normalized spacial score (nSPS) is 10.7. The van der Waals surface area contributed by atoms with E-state index in [0.29, 0.717) is 10.7 Å². The number of aryl methyl sites for hydroxylation is 2. The molecule has 3 rings (SSSR count). The number of carbonyl (C=O) groups is 1. The molecule has 0 saturated heterocycles. The molecule has 7 heteroatoms. The molecule has 128 valence electrons. The van der Waals surface area contributed by atoms with E-state index in [0.717, 1.165) is 21.8 Å². The Morgan fingerprint density at radius 2 is 1.96 bits per heavy atom. The van der Waals surface area contributed by atoms with Crippen LogP contribution in [0.1, 0.15) is 27.3 Å². The highest BCUT2D eigenvalue weighted by atomic mass is 35.5. The summed E-state index contributed by atoms with van der Waals surface area (Å²) in [5.41, 5.74) is 3.28. The number of hydrogen-bond donors (Lipinski definition) is 0. The third kappa shape index (κ3) is 4.00. The molecule has 0 spiro atoms. The summed E-state index contributed by atoms with van der Waals surface area (Å²) in [5, 5.41) is 3.40. The maximum absolute atomic E-state index is 12.3. The van der Waals surface area contributed by atoms with Crippen molar-refractivity contribution in [3.05, 3.63) is 68.4 Å². The Bertz CT molecular complexity index is 917. The quantitative estimate of drug-likeness (QED) is 0.435. The van der Waals surface area contributed by atoms with E-state index < -0.39 is 5.97 Å². The summed E-state index contributed by atoms with van der Waals surface area (Å²) in [6, 6.07) is 9.27. The third-order valence-electron chi connectivity index (χ3n) is 3.51. The van der Waals surface area contributed by atoms with Gasteiger partial charge in [0.15, 0.2) is 0 Å². The van der Waals surface area contributed by atoms with Crippen LogP contribution in [0.4, 0.5) is 0 Å². The number of nitrogens with zero attached hydrogens (tertiary/aromatic N) is 2. The second kappa shape index (κ2) is 7.52. The highest BCUT2D eigenvalue weighted by molar-refractivity contribution is 7.13. The molecular formula is C18H14Cl2N2O2S. The highest BCUT2D eigenvalue weighted by Gasteiger charge is 2.18. The maximum Gasteiger partial charge on any atom is 0.341 e. The predicted molar refractivity (Wildman–Crippen MR) is 100 cm³/mol. The van der Waals surface area contributed by atoms with Gasteiger partial charge in [0, 0.05) is 16.6 Å². The fraction of sp³-hybridized carbons (Fsp3) is 0.167. The van der Waals surface area contributed by atoms with Gasteiger partial charge in [0.25, 0.3) is 0 Å². The molecule has 2 aromatic heterocycles. The van der Waals surface area contributed by atoms with Crippen LogP contribution in [0.3, 0.4) is 0 Å². The Kier molecular flexibility index (Phi) is 5.37. The number of aromatic nitrogens is 2. The van der Waals surface area contributed by atoms with Crippen LogP contribution in [-0.4, -0.2) is 15.9 Å². The van der Waals surface area contributed by atoms with Crippen molar-refractivity contribution in [2.75, 3.05) is 0 Å². The predicted octanol–water partition coefficient (Wildman–Crippen LogP) is 5.49. The van der Waals surface area contributed by atoms with E-state index in [1.165, 1.54) is 11.3 Å². The van der Waals surface area contributed by atoms with E-state index in [2.05, 4.69) is 9.97 Å². The number of hydrogen-bond acceptors (Lipinski definition) is 5. The first-order valence-corrected chi connectivity index (χ1v) is 9.09. The van der Waals surface area contributed by atoms with Crippen molar-refractivity contribution in [2.24, 2.45) is 0 Å². The van der Waals surface area contributed by atoms with Crippen LogP contribution in [0, 0.1) is 13.8 Å². The third-order valence-corrected chi connectivity index (χ3v) is 5.04. The molecule has 0 amide bonds. The molecule has 3 aromatic rings. The van der Waals surface area contributed by atoms with Gasteiger partial charge in [-0.15, -0.1) is 11.3 Å². The average molecular weight is 393 g/mol. The van der Waals surface area contributed by atoms with Crippen LogP contribution in [-0.2, 0) is 11.3 Å². The molecular weight excluding hydrogens is 379 g/mol. The van der Waals surface area contributed by atoms with Gasteiger partial charge in [-0.25, -0.2) is 14.8 Å². The molecule has 2 heterocycles. The first-order valence-electron chi connectivity index (χ1n) is 7.46. The zero-order chi connectivity index (χ0) is 18.0. The summed E-state index contributed by atoms with van der Waals surface area (Å²) < 4.78 is 5.34. The lowest BCUT2D eigenvalue weighted by Gasteiger charge is -2.08. The lowest BCUT2D eigenvalue weighted by Crippen LogP contribution is -2.09. The number of esters is 1. The van der Waals surface area contributed by atoms with E-state index in [1.54, 1.807) is 13.0 Å². The molecule has 0 aliphatic rings. The van der Waals surface area contributed by atoms with Gasteiger partial charge >= 0.3 is 5.97 Å². The van der Waals surface area contributed by atoms with Crippen LogP contribution in [0.25, 0.3) is 10.6 Å². The van der Waals surface area contributed by atoms with Crippen LogP contribution in [0.2, 0.25) is 10.2 Å². The molecule has 0 saturated carbocycles. The molecule has 0 unspecified atom stereocenters. The zero-order valence-electron chi connectivity index (χ0n) is 13.5. The number of carbonyl (C=O) groups excluding carboxylic acids is 1. The SMILES string of the molecule is Cc1cc(C)c(C(=O)OCc2csc(-c3ccccc3Cl)n2)c(Cl)n1. The number of halogens is 2. The van der Waals surface area contributed by atoms with E-state index >= 15 is 0 Å².